The van der Waals surface area contributed by atoms with Crippen LogP contribution in [0.5, 0.6) is 0 Å². The molecule has 0 amide bonds. The Morgan fingerprint density at radius 1 is 0.842 bits per heavy atom. The molecule has 0 bridgehead atoms. The topological polar surface area (TPSA) is 9.23 Å². The molecule has 19 heavy (non-hydrogen) atoms. The van der Waals surface area contributed by atoms with Crippen molar-refractivity contribution >= 4 is 71.6 Å². The molecule has 0 aromatic carbocycles. The van der Waals surface area contributed by atoms with Gasteiger partial charge in [0.1, 0.15) is 0 Å². The Labute approximate surface area is 144 Å². The third-order valence-corrected chi connectivity index (χ3v) is 10.0. The second kappa shape index (κ2) is 19.4. The Bertz CT molecular complexity index is 246. The predicted octanol–water partition coefficient (Wildman–Crippen LogP) is 4.40. The monoisotopic (exact) mass is 466 g/mol. The number of ether oxygens (including phenoxy) is 1. The van der Waals surface area contributed by atoms with Gasteiger partial charge in [0.2, 0.25) is 0 Å². The van der Waals surface area contributed by atoms with E-state index >= 15 is 0 Å². The standard InChI is InChI=1S/C12H18OS4Se2/c1-3-14-9-11-18-16-7-5-13-6-8-17-19-12-10-15-4-2/h3-4,9-12H,1-2,5-8H2/b11-9-,12-10-. The average molecular weight is 464 g/mol. The SMILES string of the molecule is C=CS/C=C\[Se]SCCOCCS[Se]/C=C\SC=C. The summed E-state index contributed by atoms with van der Waals surface area (Å²) in [6.45, 7) is 9.02. The Hall–Kier alpha value is 1.36. The van der Waals surface area contributed by atoms with Crippen LogP contribution < -0.4 is 0 Å². The van der Waals surface area contributed by atoms with Gasteiger partial charge in [-0.1, -0.05) is 0 Å². The second-order valence-electron chi connectivity index (χ2n) is 2.60. The molecule has 0 N–H and O–H groups in total. The molecule has 0 aromatic heterocycles. The molecule has 108 valence electrons. The molecule has 0 aliphatic rings. The third-order valence-electron chi connectivity index (χ3n) is 1.33. The van der Waals surface area contributed by atoms with Gasteiger partial charge in [-0.2, -0.15) is 0 Å². The summed E-state index contributed by atoms with van der Waals surface area (Å²) in [6, 6.07) is 0. The fourth-order valence-corrected chi connectivity index (χ4v) is 7.70. The van der Waals surface area contributed by atoms with Crippen LogP contribution in [0.25, 0.3) is 0 Å². The van der Waals surface area contributed by atoms with Crippen molar-refractivity contribution in [3.8, 4) is 0 Å². The van der Waals surface area contributed by atoms with Crippen molar-refractivity contribution in [2.45, 2.75) is 0 Å². The summed E-state index contributed by atoms with van der Waals surface area (Å²) < 4.78 is 5.58. The van der Waals surface area contributed by atoms with Gasteiger partial charge in [-0.05, 0) is 0 Å². The zero-order chi connectivity index (χ0) is 14.0. The molecule has 1 nitrogen and oxygen atoms in total. The maximum absolute atomic E-state index is 5.58. The van der Waals surface area contributed by atoms with Crippen LogP contribution in [0.4, 0.5) is 0 Å². The summed E-state index contributed by atoms with van der Waals surface area (Å²) in [7, 11) is 3.92. The van der Waals surface area contributed by atoms with E-state index in [1.54, 1.807) is 23.5 Å². The summed E-state index contributed by atoms with van der Waals surface area (Å²) >= 11 is 4.33. The molecule has 0 saturated carbocycles. The van der Waals surface area contributed by atoms with Gasteiger partial charge in [-0.15, -0.1) is 0 Å². The number of thioether (sulfide) groups is 2. The van der Waals surface area contributed by atoms with Crippen molar-refractivity contribution in [1.82, 2.24) is 0 Å². The van der Waals surface area contributed by atoms with Gasteiger partial charge >= 0.3 is 146 Å². The molecule has 0 aromatic rings. The van der Waals surface area contributed by atoms with Crippen LogP contribution in [0, 0.1) is 0 Å². The van der Waals surface area contributed by atoms with E-state index < -0.39 is 0 Å². The van der Waals surface area contributed by atoms with Crippen LogP contribution in [-0.4, -0.2) is 52.4 Å². The molecule has 0 unspecified atom stereocenters. The second-order valence-corrected chi connectivity index (χ2v) is 12.6. The summed E-state index contributed by atoms with van der Waals surface area (Å²) in [5.41, 5.74) is 0. The number of hydrogen-bond donors (Lipinski definition) is 0. The van der Waals surface area contributed by atoms with Gasteiger partial charge in [0.05, 0.1) is 0 Å². The molecule has 0 aliphatic heterocycles. The third kappa shape index (κ3) is 19.4. The first-order valence-electron chi connectivity index (χ1n) is 5.39. The van der Waals surface area contributed by atoms with Crippen molar-refractivity contribution in [2.75, 3.05) is 24.7 Å². The van der Waals surface area contributed by atoms with E-state index in [4.69, 9.17) is 4.74 Å². The molecule has 0 spiro atoms. The van der Waals surface area contributed by atoms with Crippen LogP contribution in [0.3, 0.4) is 0 Å². The van der Waals surface area contributed by atoms with Gasteiger partial charge in [-0.3, -0.25) is 0 Å². The van der Waals surface area contributed by atoms with E-state index in [0.29, 0.717) is 27.7 Å². The quantitative estimate of drug-likeness (QED) is 0.278. The van der Waals surface area contributed by atoms with Gasteiger partial charge in [0.15, 0.2) is 0 Å². The molecule has 7 heteroatoms. The Morgan fingerprint density at radius 3 is 1.74 bits per heavy atom. The molecule has 0 heterocycles. The van der Waals surface area contributed by atoms with Crippen molar-refractivity contribution in [2.24, 2.45) is 0 Å². The van der Waals surface area contributed by atoms with Gasteiger partial charge in [0, 0.05) is 0 Å². The van der Waals surface area contributed by atoms with E-state index in [1.807, 2.05) is 31.2 Å². The average Bonchev–Trinajstić information content (AvgIpc) is 2.43. The van der Waals surface area contributed by atoms with Crippen molar-refractivity contribution in [3.05, 3.63) is 44.7 Å². The first kappa shape index (κ1) is 20.4. The Balaban J connectivity index is 3.06. The fraction of sp³-hybridized carbons (Fsp3) is 0.333. The summed E-state index contributed by atoms with van der Waals surface area (Å²) in [4.78, 5) is 4.44. The first-order valence-corrected chi connectivity index (χ1v) is 15.3. The molecule has 0 radical (unpaired) electrons. The van der Waals surface area contributed by atoms with Gasteiger partial charge < -0.3 is 0 Å². The van der Waals surface area contributed by atoms with E-state index in [2.05, 4.69) is 33.9 Å². The van der Waals surface area contributed by atoms with Crippen LogP contribution in [0.1, 0.15) is 0 Å². The number of hydrogen-bond acceptors (Lipinski definition) is 5. The van der Waals surface area contributed by atoms with Crippen LogP contribution in [-0.2, 0) is 4.74 Å². The molecule has 0 fully saturated rings. The van der Waals surface area contributed by atoms with Crippen LogP contribution in [0.2, 0.25) is 0 Å². The van der Waals surface area contributed by atoms with E-state index in [-0.39, 0.29) is 0 Å². The van der Waals surface area contributed by atoms with Crippen molar-refractivity contribution < 1.29 is 4.74 Å². The Morgan fingerprint density at radius 2 is 1.32 bits per heavy atom. The molecular weight excluding hydrogens is 446 g/mol. The molecule has 0 rings (SSSR count). The predicted molar refractivity (Wildman–Crippen MR) is 101 cm³/mol. The zero-order valence-electron chi connectivity index (χ0n) is 10.6. The summed E-state index contributed by atoms with van der Waals surface area (Å²) in [5, 5.41) is 7.87. The summed E-state index contributed by atoms with van der Waals surface area (Å²) in [5.74, 6) is 2.18. The maximum atomic E-state index is 5.58. The molecule has 0 saturated heterocycles. The summed E-state index contributed by atoms with van der Waals surface area (Å²) in [6.07, 6.45) is 0. The minimum atomic E-state index is 0.533. The van der Waals surface area contributed by atoms with Crippen LogP contribution >= 0.6 is 43.9 Å². The number of rotatable bonds is 14. The molecule has 0 atom stereocenters. The first-order chi connectivity index (χ1) is 9.41. The minimum absolute atomic E-state index is 0.533. The molecular formula is C12H18OS4Se2. The van der Waals surface area contributed by atoms with Gasteiger partial charge in [0.25, 0.3) is 0 Å². The van der Waals surface area contributed by atoms with Gasteiger partial charge in [-0.25, -0.2) is 0 Å². The fourth-order valence-electron chi connectivity index (χ4n) is 0.683. The Kier molecular flexibility index (Phi) is 20.7. The van der Waals surface area contributed by atoms with E-state index in [0.717, 1.165) is 24.7 Å². The zero-order valence-corrected chi connectivity index (χ0v) is 17.3. The molecule has 0 aliphatic carbocycles. The van der Waals surface area contributed by atoms with E-state index in [9.17, 15) is 0 Å². The normalized spacial score (nSPS) is 11.4. The van der Waals surface area contributed by atoms with Crippen LogP contribution in [0.15, 0.2) is 44.7 Å². The van der Waals surface area contributed by atoms with E-state index in [1.165, 1.54) is 0 Å². The van der Waals surface area contributed by atoms with Crippen molar-refractivity contribution in [3.63, 3.8) is 0 Å². The van der Waals surface area contributed by atoms with Crippen molar-refractivity contribution in [1.29, 1.82) is 0 Å².